The van der Waals surface area contributed by atoms with Gasteiger partial charge < -0.3 is 24.6 Å². The van der Waals surface area contributed by atoms with Gasteiger partial charge in [-0.2, -0.15) is 0 Å². The zero-order chi connectivity index (χ0) is 12.8. The highest BCUT2D eigenvalue weighted by Gasteiger charge is 2.14. The third-order valence-corrected chi connectivity index (χ3v) is 2.59. The van der Waals surface area contributed by atoms with Gasteiger partial charge in [0.1, 0.15) is 18.5 Å². The molecule has 5 heteroatoms. The Balaban J connectivity index is 1.76. The molecule has 0 fully saturated rings. The lowest BCUT2D eigenvalue weighted by molar-refractivity contribution is 0.106. The normalized spacial score (nSPS) is 14.6. The third-order valence-electron chi connectivity index (χ3n) is 2.59. The molecular weight excluding hydrogens is 234 g/mol. The van der Waals surface area contributed by atoms with E-state index in [0.29, 0.717) is 18.0 Å². The van der Waals surface area contributed by atoms with Gasteiger partial charge in [0, 0.05) is 12.6 Å². The molecule has 0 aliphatic carbocycles. The predicted octanol–water partition coefficient (Wildman–Crippen LogP) is 1.15. The number of benzene rings is 1. The van der Waals surface area contributed by atoms with Gasteiger partial charge >= 0.3 is 0 Å². The highest BCUT2D eigenvalue weighted by molar-refractivity contribution is 5.46. The molecule has 0 amide bonds. The van der Waals surface area contributed by atoms with Crippen LogP contribution in [0.3, 0.4) is 0 Å². The van der Waals surface area contributed by atoms with E-state index in [1.807, 2.05) is 0 Å². The van der Waals surface area contributed by atoms with Crippen LogP contribution in [-0.2, 0) is 0 Å². The number of nitrogens with one attached hydrogen (secondary N) is 1. The molecule has 0 saturated heterocycles. The maximum Gasteiger partial charge on any atom is 0.231 e. The predicted molar refractivity (Wildman–Crippen MR) is 67.2 cm³/mol. The van der Waals surface area contributed by atoms with Crippen molar-refractivity contribution in [1.82, 2.24) is 5.32 Å². The Labute approximate surface area is 107 Å². The summed E-state index contributed by atoms with van der Waals surface area (Å²) in [5.74, 6) is 2.09. The molecule has 0 aromatic heterocycles. The van der Waals surface area contributed by atoms with Gasteiger partial charge in [0.25, 0.3) is 0 Å². The highest BCUT2D eigenvalue weighted by Crippen LogP contribution is 2.35. The Kier molecular flexibility index (Phi) is 4.66. The number of hydrogen-bond donors (Lipinski definition) is 2. The fourth-order valence-corrected chi connectivity index (χ4v) is 1.66. The number of ether oxygens (including phenoxy) is 3. The maximum absolute atomic E-state index is 9.69. The SMILES string of the molecule is CCCNCC(O)COc1ccc2c(c1)OCO2. The summed E-state index contributed by atoms with van der Waals surface area (Å²) in [5.41, 5.74) is 0. The summed E-state index contributed by atoms with van der Waals surface area (Å²) in [7, 11) is 0. The molecule has 2 rings (SSSR count). The second-order valence-corrected chi connectivity index (χ2v) is 4.18. The van der Waals surface area contributed by atoms with E-state index in [4.69, 9.17) is 14.2 Å². The van der Waals surface area contributed by atoms with Gasteiger partial charge in [-0.15, -0.1) is 0 Å². The Hall–Kier alpha value is -1.46. The molecule has 5 nitrogen and oxygen atoms in total. The Bertz CT molecular complexity index is 383. The topological polar surface area (TPSA) is 60.0 Å². The summed E-state index contributed by atoms with van der Waals surface area (Å²) in [5, 5.41) is 12.8. The standard InChI is InChI=1S/C13H19NO4/c1-2-5-14-7-10(15)8-16-11-3-4-12-13(6-11)18-9-17-12/h3-4,6,10,14-15H,2,5,7-9H2,1H3. The second-order valence-electron chi connectivity index (χ2n) is 4.18. The van der Waals surface area contributed by atoms with Gasteiger partial charge in [0.05, 0.1) is 0 Å². The van der Waals surface area contributed by atoms with Crippen LogP contribution >= 0.6 is 0 Å². The largest absolute Gasteiger partial charge is 0.491 e. The van der Waals surface area contributed by atoms with E-state index >= 15 is 0 Å². The molecule has 1 aromatic rings. The lowest BCUT2D eigenvalue weighted by atomic mass is 10.3. The summed E-state index contributed by atoms with van der Waals surface area (Å²) in [6.07, 6.45) is 0.539. The van der Waals surface area contributed by atoms with Gasteiger partial charge in [0.2, 0.25) is 6.79 Å². The van der Waals surface area contributed by atoms with E-state index in [1.54, 1.807) is 18.2 Å². The third kappa shape index (κ3) is 3.51. The van der Waals surface area contributed by atoms with Crippen LogP contribution in [0, 0.1) is 0 Å². The van der Waals surface area contributed by atoms with Crippen molar-refractivity contribution in [2.45, 2.75) is 19.4 Å². The quantitative estimate of drug-likeness (QED) is 0.714. The molecule has 1 aliphatic heterocycles. The van der Waals surface area contributed by atoms with Gasteiger partial charge in [-0.05, 0) is 25.1 Å². The zero-order valence-electron chi connectivity index (χ0n) is 10.5. The molecule has 0 saturated carbocycles. The van der Waals surface area contributed by atoms with Crippen molar-refractivity contribution in [1.29, 1.82) is 0 Å². The summed E-state index contributed by atoms with van der Waals surface area (Å²) in [6, 6.07) is 5.38. The van der Waals surface area contributed by atoms with Crippen molar-refractivity contribution >= 4 is 0 Å². The average molecular weight is 253 g/mol. The molecule has 0 spiro atoms. The van der Waals surface area contributed by atoms with Crippen LogP contribution in [0.15, 0.2) is 18.2 Å². The van der Waals surface area contributed by atoms with Crippen molar-refractivity contribution in [2.75, 3.05) is 26.5 Å². The molecule has 1 heterocycles. The minimum absolute atomic E-state index is 0.252. The average Bonchev–Trinajstić information content (AvgIpc) is 2.84. The van der Waals surface area contributed by atoms with Crippen LogP contribution in [0.5, 0.6) is 17.2 Å². The number of fused-ring (bicyclic) bond motifs is 1. The van der Waals surface area contributed by atoms with Gasteiger partial charge in [-0.3, -0.25) is 0 Å². The fraction of sp³-hybridized carbons (Fsp3) is 0.538. The summed E-state index contributed by atoms with van der Waals surface area (Å²) < 4.78 is 16.0. The molecule has 0 bridgehead atoms. The van der Waals surface area contributed by atoms with E-state index in [2.05, 4.69) is 12.2 Å². The number of aliphatic hydroxyl groups is 1. The number of hydrogen-bond acceptors (Lipinski definition) is 5. The van der Waals surface area contributed by atoms with Crippen LogP contribution in [0.25, 0.3) is 0 Å². The monoisotopic (exact) mass is 253 g/mol. The lowest BCUT2D eigenvalue weighted by Gasteiger charge is -2.13. The molecule has 100 valence electrons. The van der Waals surface area contributed by atoms with E-state index in [9.17, 15) is 5.11 Å². The highest BCUT2D eigenvalue weighted by atomic mass is 16.7. The maximum atomic E-state index is 9.69. The number of aliphatic hydroxyl groups excluding tert-OH is 1. The van der Waals surface area contributed by atoms with Gasteiger partial charge in [-0.1, -0.05) is 6.92 Å². The van der Waals surface area contributed by atoms with Crippen molar-refractivity contribution < 1.29 is 19.3 Å². The molecule has 1 aliphatic rings. The molecule has 18 heavy (non-hydrogen) atoms. The van der Waals surface area contributed by atoms with Gasteiger partial charge in [0.15, 0.2) is 11.5 Å². The Morgan fingerprint density at radius 3 is 3.06 bits per heavy atom. The molecular formula is C13H19NO4. The van der Waals surface area contributed by atoms with E-state index in [1.165, 1.54) is 0 Å². The van der Waals surface area contributed by atoms with Crippen LogP contribution in [0.4, 0.5) is 0 Å². The Morgan fingerprint density at radius 1 is 1.39 bits per heavy atom. The summed E-state index contributed by atoms with van der Waals surface area (Å²) in [4.78, 5) is 0. The van der Waals surface area contributed by atoms with Crippen molar-refractivity contribution in [3.63, 3.8) is 0 Å². The van der Waals surface area contributed by atoms with E-state index in [0.717, 1.165) is 18.7 Å². The van der Waals surface area contributed by atoms with Crippen LogP contribution in [0.1, 0.15) is 13.3 Å². The first-order valence-corrected chi connectivity index (χ1v) is 6.21. The van der Waals surface area contributed by atoms with Crippen LogP contribution < -0.4 is 19.5 Å². The minimum atomic E-state index is -0.512. The van der Waals surface area contributed by atoms with Crippen molar-refractivity contribution in [3.8, 4) is 17.2 Å². The van der Waals surface area contributed by atoms with Crippen LogP contribution in [-0.4, -0.2) is 37.7 Å². The molecule has 1 aromatic carbocycles. The molecule has 1 atom stereocenters. The smallest absolute Gasteiger partial charge is 0.231 e. The molecule has 1 unspecified atom stereocenters. The fourth-order valence-electron chi connectivity index (χ4n) is 1.66. The first-order valence-electron chi connectivity index (χ1n) is 6.21. The summed E-state index contributed by atoms with van der Waals surface area (Å²) in [6.45, 7) is 4.04. The Morgan fingerprint density at radius 2 is 2.22 bits per heavy atom. The first-order chi connectivity index (χ1) is 8.79. The first kappa shape index (κ1) is 13.0. The molecule has 0 radical (unpaired) electrons. The minimum Gasteiger partial charge on any atom is -0.491 e. The van der Waals surface area contributed by atoms with E-state index in [-0.39, 0.29) is 13.4 Å². The molecule has 2 N–H and O–H groups in total. The summed E-state index contributed by atoms with van der Waals surface area (Å²) >= 11 is 0. The van der Waals surface area contributed by atoms with Gasteiger partial charge in [-0.25, -0.2) is 0 Å². The van der Waals surface area contributed by atoms with Crippen LogP contribution in [0.2, 0.25) is 0 Å². The number of rotatable bonds is 7. The van der Waals surface area contributed by atoms with Crippen molar-refractivity contribution in [2.24, 2.45) is 0 Å². The zero-order valence-corrected chi connectivity index (χ0v) is 10.5. The van der Waals surface area contributed by atoms with Crippen molar-refractivity contribution in [3.05, 3.63) is 18.2 Å². The van der Waals surface area contributed by atoms with E-state index < -0.39 is 6.10 Å². The lowest BCUT2D eigenvalue weighted by Crippen LogP contribution is -2.31. The second kappa shape index (κ2) is 6.47.